The maximum Gasteiger partial charge on any atom is 0.223 e. The van der Waals surface area contributed by atoms with Crippen LogP contribution in [0.2, 0.25) is 0 Å². The SMILES string of the molecule is Nc1cc(NCCSCCCO)nc(N)n1. The standard InChI is InChI=1S/C9H17N5OS/c10-7-6-8(14-9(11)13-7)12-2-5-16-4-1-3-15/h6,15H,1-5H2,(H5,10,11,12,13,14). The number of nitrogen functional groups attached to an aromatic ring is 2. The van der Waals surface area contributed by atoms with E-state index in [2.05, 4.69) is 15.3 Å². The first-order chi connectivity index (χ1) is 7.72. The van der Waals surface area contributed by atoms with E-state index in [0.717, 1.165) is 24.5 Å². The van der Waals surface area contributed by atoms with Gasteiger partial charge in [-0.05, 0) is 12.2 Å². The van der Waals surface area contributed by atoms with Crippen LogP contribution in [0, 0.1) is 0 Å². The van der Waals surface area contributed by atoms with Crippen LogP contribution in [0.4, 0.5) is 17.6 Å². The lowest BCUT2D eigenvalue weighted by Gasteiger charge is -2.06. The summed E-state index contributed by atoms with van der Waals surface area (Å²) in [7, 11) is 0. The summed E-state index contributed by atoms with van der Waals surface area (Å²) in [5, 5.41) is 11.7. The fourth-order valence-electron chi connectivity index (χ4n) is 1.10. The first kappa shape index (κ1) is 12.9. The highest BCUT2D eigenvalue weighted by Gasteiger charge is 1.98. The number of aliphatic hydroxyl groups is 1. The molecular formula is C9H17N5OS. The number of thioether (sulfide) groups is 1. The van der Waals surface area contributed by atoms with Gasteiger partial charge < -0.3 is 21.9 Å². The predicted octanol–water partition coefficient (Wildman–Crippen LogP) is 0.168. The smallest absolute Gasteiger partial charge is 0.223 e. The molecule has 0 unspecified atom stereocenters. The average Bonchev–Trinajstić information content (AvgIpc) is 2.22. The molecule has 6 nitrogen and oxygen atoms in total. The van der Waals surface area contributed by atoms with Gasteiger partial charge in [0.25, 0.3) is 0 Å². The van der Waals surface area contributed by atoms with Crippen molar-refractivity contribution in [1.82, 2.24) is 9.97 Å². The quantitative estimate of drug-likeness (QED) is 0.505. The molecule has 0 atom stereocenters. The van der Waals surface area contributed by atoms with Crippen molar-refractivity contribution in [3.63, 3.8) is 0 Å². The molecule has 0 aliphatic carbocycles. The van der Waals surface area contributed by atoms with Gasteiger partial charge in [-0.25, -0.2) is 0 Å². The van der Waals surface area contributed by atoms with Gasteiger partial charge in [-0.3, -0.25) is 0 Å². The highest BCUT2D eigenvalue weighted by atomic mass is 32.2. The zero-order valence-electron chi connectivity index (χ0n) is 9.02. The lowest BCUT2D eigenvalue weighted by Crippen LogP contribution is -2.09. The molecule has 0 saturated carbocycles. The summed E-state index contributed by atoms with van der Waals surface area (Å²) in [6.07, 6.45) is 0.831. The number of nitrogens with zero attached hydrogens (tertiary/aromatic N) is 2. The van der Waals surface area contributed by atoms with Crippen LogP contribution in [0.25, 0.3) is 0 Å². The van der Waals surface area contributed by atoms with Crippen molar-refractivity contribution in [2.45, 2.75) is 6.42 Å². The number of anilines is 3. The molecule has 0 aliphatic rings. The first-order valence-corrected chi connectivity index (χ1v) is 6.20. The topological polar surface area (TPSA) is 110 Å². The van der Waals surface area contributed by atoms with Gasteiger partial charge in [-0.1, -0.05) is 0 Å². The Hall–Kier alpha value is -1.21. The lowest BCUT2D eigenvalue weighted by atomic mass is 10.5. The molecule has 16 heavy (non-hydrogen) atoms. The molecule has 1 aromatic rings. The van der Waals surface area contributed by atoms with Crippen LogP contribution in [-0.4, -0.2) is 39.7 Å². The zero-order chi connectivity index (χ0) is 11.8. The van der Waals surface area contributed by atoms with Crippen molar-refractivity contribution in [2.75, 3.05) is 41.4 Å². The van der Waals surface area contributed by atoms with Crippen molar-refractivity contribution in [1.29, 1.82) is 0 Å². The van der Waals surface area contributed by atoms with Gasteiger partial charge in [0, 0.05) is 25.0 Å². The largest absolute Gasteiger partial charge is 0.396 e. The Balaban J connectivity index is 2.21. The molecule has 0 aliphatic heterocycles. The summed E-state index contributed by atoms with van der Waals surface area (Å²) >= 11 is 1.78. The number of rotatable bonds is 7. The van der Waals surface area contributed by atoms with Crippen LogP contribution < -0.4 is 16.8 Å². The monoisotopic (exact) mass is 243 g/mol. The van der Waals surface area contributed by atoms with Gasteiger partial charge in [0.2, 0.25) is 5.95 Å². The molecule has 1 heterocycles. The Bertz CT molecular complexity index is 303. The van der Waals surface area contributed by atoms with Crippen molar-refractivity contribution in [3.05, 3.63) is 6.07 Å². The molecule has 1 aromatic heterocycles. The van der Waals surface area contributed by atoms with Gasteiger partial charge in [0.1, 0.15) is 11.6 Å². The number of hydrogen-bond acceptors (Lipinski definition) is 7. The number of nitrogens with one attached hydrogen (secondary N) is 1. The third kappa shape index (κ3) is 5.04. The molecule has 0 bridgehead atoms. The fourth-order valence-corrected chi connectivity index (χ4v) is 1.88. The number of aliphatic hydroxyl groups excluding tert-OH is 1. The third-order valence-electron chi connectivity index (χ3n) is 1.76. The van der Waals surface area contributed by atoms with Crippen LogP contribution in [0.5, 0.6) is 0 Å². The Kier molecular flexibility index (Phi) is 5.73. The molecule has 0 spiro atoms. The molecule has 1 rings (SSSR count). The average molecular weight is 243 g/mol. The van der Waals surface area contributed by atoms with E-state index in [-0.39, 0.29) is 12.6 Å². The van der Waals surface area contributed by atoms with E-state index in [4.69, 9.17) is 16.6 Å². The van der Waals surface area contributed by atoms with Crippen LogP contribution >= 0.6 is 11.8 Å². The molecule has 0 aromatic carbocycles. The van der Waals surface area contributed by atoms with E-state index in [1.165, 1.54) is 0 Å². The Morgan fingerprint density at radius 3 is 2.81 bits per heavy atom. The zero-order valence-corrected chi connectivity index (χ0v) is 9.83. The highest BCUT2D eigenvalue weighted by Crippen LogP contribution is 2.09. The van der Waals surface area contributed by atoms with Gasteiger partial charge in [0.15, 0.2) is 0 Å². The summed E-state index contributed by atoms with van der Waals surface area (Å²) in [6.45, 7) is 1.03. The van der Waals surface area contributed by atoms with E-state index >= 15 is 0 Å². The summed E-state index contributed by atoms with van der Waals surface area (Å²) in [6, 6.07) is 1.65. The van der Waals surface area contributed by atoms with Gasteiger partial charge in [-0.15, -0.1) is 0 Å². The van der Waals surface area contributed by atoms with E-state index in [1.807, 2.05) is 0 Å². The molecule has 90 valence electrons. The predicted molar refractivity (Wildman–Crippen MR) is 68.4 cm³/mol. The van der Waals surface area contributed by atoms with Crippen molar-refractivity contribution in [2.24, 2.45) is 0 Å². The minimum Gasteiger partial charge on any atom is -0.396 e. The minimum absolute atomic E-state index is 0.176. The van der Waals surface area contributed by atoms with Crippen LogP contribution in [0.1, 0.15) is 6.42 Å². The van der Waals surface area contributed by atoms with Gasteiger partial charge in [0.05, 0.1) is 0 Å². The first-order valence-electron chi connectivity index (χ1n) is 5.05. The Morgan fingerprint density at radius 1 is 1.31 bits per heavy atom. The summed E-state index contributed by atoms with van der Waals surface area (Å²) in [4.78, 5) is 7.77. The van der Waals surface area contributed by atoms with Gasteiger partial charge >= 0.3 is 0 Å². The van der Waals surface area contributed by atoms with Gasteiger partial charge in [-0.2, -0.15) is 21.7 Å². The van der Waals surface area contributed by atoms with E-state index in [0.29, 0.717) is 11.6 Å². The van der Waals surface area contributed by atoms with Crippen LogP contribution in [-0.2, 0) is 0 Å². The number of nitrogens with two attached hydrogens (primary N) is 2. The molecule has 0 saturated heterocycles. The fraction of sp³-hybridized carbons (Fsp3) is 0.556. The van der Waals surface area contributed by atoms with Crippen molar-refractivity contribution in [3.8, 4) is 0 Å². The summed E-state index contributed by atoms with van der Waals surface area (Å²) < 4.78 is 0. The molecule has 0 radical (unpaired) electrons. The maximum absolute atomic E-state index is 8.59. The second kappa shape index (κ2) is 7.13. The second-order valence-electron chi connectivity index (χ2n) is 3.15. The molecular weight excluding hydrogens is 226 g/mol. The normalized spacial score (nSPS) is 10.3. The van der Waals surface area contributed by atoms with E-state index in [1.54, 1.807) is 17.8 Å². The summed E-state index contributed by atoms with van der Waals surface area (Å²) in [5.41, 5.74) is 11.0. The number of aromatic nitrogens is 2. The third-order valence-corrected chi connectivity index (χ3v) is 2.83. The molecule has 6 N–H and O–H groups in total. The maximum atomic E-state index is 8.59. The van der Waals surface area contributed by atoms with E-state index < -0.39 is 0 Å². The highest BCUT2D eigenvalue weighted by molar-refractivity contribution is 7.99. The Morgan fingerprint density at radius 2 is 2.12 bits per heavy atom. The van der Waals surface area contributed by atoms with Crippen molar-refractivity contribution >= 4 is 29.3 Å². The molecule has 7 heteroatoms. The summed E-state index contributed by atoms with van der Waals surface area (Å²) in [5.74, 6) is 3.10. The second-order valence-corrected chi connectivity index (χ2v) is 4.38. The lowest BCUT2D eigenvalue weighted by molar-refractivity contribution is 0.296. The Labute approximate surface area is 98.8 Å². The van der Waals surface area contributed by atoms with E-state index in [9.17, 15) is 0 Å². The molecule has 0 fully saturated rings. The van der Waals surface area contributed by atoms with Crippen LogP contribution in [0.15, 0.2) is 6.07 Å². The number of hydrogen-bond donors (Lipinski definition) is 4. The molecule has 0 amide bonds. The van der Waals surface area contributed by atoms with Crippen molar-refractivity contribution < 1.29 is 5.11 Å². The minimum atomic E-state index is 0.176. The van der Waals surface area contributed by atoms with Crippen LogP contribution in [0.3, 0.4) is 0 Å².